The molecule has 1 rings (SSSR count). The third-order valence-corrected chi connectivity index (χ3v) is 2.51. The Kier molecular flexibility index (Phi) is 4.68. The number of terminal acetylenes is 1. The first-order valence-corrected chi connectivity index (χ1v) is 5.29. The molecule has 16 heavy (non-hydrogen) atoms. The number of nitrogens with two attached hydrogens (primary N) is 1. The topological polar surface area (TPSA) is 38.5 Å². The van der Waals surface area contributed by atoms with Crippen LogP contribution < -0.4 is 10.5 Å². The van der Waals surface area contributed by atoms with E-state index in [1.165, 1.54) is 0 Å². The highest BCUT2D eigenvalue weighted by Gasteiger charge is 2.06. The summed E-state index contributed by atoms with van der Waals surface area (Å²) >= 11 is 0. The van der Waals surface area contributed by atoms with Gasteiger partial charge < -0.3 is 10.5 Å². The smallest absolute Gasteiger partial charge is 0.119 e. The standard InChI is InChI=1S/C13H18N2O/c1-4-8-15(5-2)10-11-9-12(16-3)6-7-13(11)14/h1,6-7,9H,5,8,10,14H2,2-3H3. The lowest BCUT2D eigenvalue weighted by molar-refractivity contribution is 0.316. The molecule has 0 aliphatic rings. The Morgan fingerprint density at radius 1 is 1.50 bits per heavy atom. The van der Waals surface area contributed by atoms with Gasteiger partial charge in [-0.25, -0.2) is 0 Å². The molecule has 86 valence electrons. The highest BCUT2D eigenvalue weighted by atomic mass is 16.5. The van der Waals surface area contributed by atoms with Crippen LogP contribution >= 0.6 is 0 Å². The van der Waals surface area contributed by atoms with Crippen LogP contribution in [0.25, 0.3) is 0 Å². The first kappa shape index (κ1) is 12.4. The Morgan fingerprint density at radius 2 is 2.25 bits per heavy atom. The van der Waals surface area contributed by atoms with Gasteiger partial charge in [-0.2, -0.15) is 0 Å². The zero-order chi connectivity index (χ0) is 12.0. The number of hydrogen-bond donors (Lipinski definition) is 1. The van der Waals surface area contributed by atoms with Crippen molar-refractivity contribution in [1.82, 2.24) is 4.90 Å². The lowest BCUT2D eigenvalue weighted by Crippen LogP contribution is -2.23. The van der Waals surface area contributed by atoms with E-state index in [9.17, 15) is 0 Å². The van der Waals surface area contributed by atoms with Crippen LogP contribution in [0.5, 0.6) is 5.75 Å². The Hall–Kier alpha value is -1.66. The van der Waals surface area contributed by atoms with Crippen LogP contribution in [-0.4, -0.2) is 25.1 Å². The van der Waals surface area contributed by atoms with E-state index in [4.69, 9.17) is 16.9 Å². The number of hydrogen-bond acceptors (Lipinski definition) is 3. The molecule has 1 aromatic carbocycles. The molecule has 0 aliphatic carbocycles. The average molecular weight is 218 g/mol. The van der Waals surface area contributed by atoms with Gasteiger partial charge in [-0.05, 0) is 30.3 Å². The van der Waals surface area contributed by atoms with Crippen LogP contribution in [-0.2, 0) is 6.54 Å². The van der Waals surface area contributed by atoms with Gasteiger partial charge in [-0.3, -0.25) is 4.90 Å². The van der Waals surface area contributed by atoms with Crippen LogP contribution in [0.2, 0.25) is 0 Å². The Bertz CT molecular complexity index is 382. The maximum Gasteiger partial charge on any atom is 0.119 e. The van der Waals surface area contributed by atoms with Crippen molar-refractivity contribution in [2.24, 2.45) is 0 Å². The molecule has 1 aromatic rings. The average Bonchev–Trinajstić information content (AvgIpc) is 2.31. The fourth-order valence-electron chi connectivity index (χ4n) is 1.50. The SMILES string of the molecule is C#CCN(CC)Cc1cc(OC)ccc1N. The highest BCUT2D eigenvalue weighted by Crippen LogP contribution is 2.20. The summed E-state index contributed by atoms with van der Waals surface area (Å²) in [5.74, 6) is 3.46. The van der Waals surface area contributed by atoms with Crippen LogP contribution in [0.4, 0.5) is 5.69 Å². The minimum absolute atomic E-state index is 0.632. The number of rotatable bonds is 5. The summed E-state index contributed by atoms with van der Waals surface area (Å²) in [5.41, 5.74) is 7.74. The number of benzene rings is 1. The molecular weight excluding hydrogens is 200 g/mol. The van der Waals surface area contributed by atoms with Crippen molar-refractivity contribution < 1.29 is 4.74 Å². The summed E-state index contributed by atoms with van der Waals surface area (Å²) in [7, 11) is 1.65. The summed E-state index contributed by atoms with van der Waals surface area (Å²) in [6.07, 6.45) is 5.31. The van der Waals surface area contributed by atoms with Gasteiger partial charge in [0, 0.05) is 12.2 Å². The maximum atomic E-state index is 5.91. The Labute approximate surface area is 97.2 Å². The predicted molar refractivity (Wildman–Crippen MR) is 67.2 cm³/mol. The van der Waals surface area contributed by atoms with E-state index in [-0.39, 0.29) is 0 Å². The summed E-state index contributed by atoms with van der Waals surface area (Å²) in [6.45, 7) is 4.37. The molecule has 2 N–H and O–H groups in total. The van der Waals surface area contributed by atoms with Crippen LogP contribution in [0.1, 0.15) is 12.5 Å². The zero-order valence-electron chi connectivity index (χ0n) is 9.86. The molecule has 0 heterocycles. The van der Waals surface area contributed by atoms with Crippen molar-refractivity contribution >= 4 is 5.69 Å². The molecule has 3 nitrogen and oxygen atoms in total. The van der Waals surface area contributed by atoms with Gasteiger partial charge in [0.2, 0.25) is 0 Å². The van der Waals surface area contributed by atoms with Crippen molar-refractivity contribution in [2.75, 3.05) is 25.9 Å². The summed E-state index contributed by atoms with van der Waals surface area (Å²) in [4.78, 5) is 2.14. The van der Waals surface area contributed by atoms with Gasteiger partial charge in [-0.15, -0.1) is 6.42 Å². The van der Waals surface area contributed by atoms with E-state index < -0.39 is 0 Å². The molecule has 0 saturated heterocycles. The summed E-state index contributed by atoms with van der Waals surface area (Å²) in [5, 5.41) is 0. The second kappa shape index (κ2) is 6.04. The quantitative estimate of drug-likeness (QED) is 0.604. The lowest BCUT2D eigenvalue weighted by Gasteiger charge is -2.18. The van der Waals surface area contributed by atoms with Gasteiger partial charge in [-0.1, -0.05) is 12.8 Å². The molecule has 0 aromatic heterocycles. The maximum absolute atomic E-state index is 5.91. The number of anilines is 1. The van der Waals surface area contributed by atoms with Crippen molar-refractivity contribution in [3.8, 4) is 18.1 Å². The van der Waals surface area contributed by atoms with Crippen molar-refractivity contribution in [1.29, 1.82) is 0 Å². The minimum Gasteiger partial charge on any atom is -0.497 e. The second-order valence-electron chi connectivity index (χ2n) is 3.57. The van der Waals surface area contributed by atoms with E-state index in [1.54, 1.807) is 7.11 Å². The predicted octanol–water partition coefficient (Wildman–Crippen LogP) is 1.73. The van der Waals surface area contributed by atoms with Gasteiger partial charge in [0.05, 0.1) is 13.7 Å². The molecule has 0 fully saturated rings. The third kappa shape index (κ3) is 3.18. The highest BCUT2D eigenvalue weighted by molar-refractivity contribution is 5.50. The molecule has 3 heteroatoms. The van der Waals surface area contributed by atoms with Gasteiger partial charge >= 0.3 is 0 Å². The van der Waals surface area contributed by atoms with Gasteiger partial charge in [0.15, 0.2) is 0 Å². The number of ether oxygens (including phenoxy) is 1. The normalized spacial score (nSPS) is 10.1. The van der Waals surface area contributed by atoms with Gasteiger partial charge in [0.1, 0.15) is 5.75 Å². The molecular formula is C13H18N2O. The largest absolute Gasteiger partial charge is 0.497 e. The first-order valence-electron chi connectivity index (χ1n) is 5.29. The van der Waals surface area contributed by atoms with E-state index in [2.05, 4.69) is 17.7 Å². The Balaban J connectivity index is 2.82. The van der Waals surface area contributed by atoms with Crippen molar-refractivity contribution in [3.63, 3.8) is 0 Å². The first-order chi connectivity index (χ1) is 7.71. The monoisotopic (exact) mass is 218 g/mol. The van der Waals surface area contributed by atoms with E-state index >= 15 is 0 Å². The van der Waals surface area contributed by atoms with E-state index in [1.807, 2.05) is 18.2 Å². The zero-order valence-corrected chi connectivity index (χ0v) is 9.86. The van der Waals surface area contributed by atoms with E-state index in [0.717, 1.165) is 30.1 Å². The third-order valence-electron chi connectivity index (χ3n) is 2.51. The molecule has 0 radical (unpaired) electrons. The van der Waals surface area contributed by atoms with Crippen LogP contribution in [0.3, 0.4) is 0 Å². The molecule has 0 aliphatic heterocycles. The second-order valence-corrected chi connectivity index (χ2v) is 3.57. The van der Waals surface area contributed by atoms with Crippen molar-refractivity contribution in [2.45, 2.75) is 13.5 Å². The molecule has 0 amide bonds. The molecule has 0 bridgehead atoms. The fraction of sp³-hybridized carbons (Fsp3) is 0.385. The number of nitrogens with zero attached hydrogens (tertiary/aromatic N) is 1. The fourth-order valence-corrected chi connectivity index (χ4v) is 1.50. The molecule has 0 atom stereocenters. The summed E-state index contributed by atoms with van der Waals surface area (Å²) < 4.78 is 5.17. The van der Waals surface area contributed by atoms with Crippen LogP contribution in [0, 0.1) is 12.3 Å². The number of methoxy groups -OCH3 is 1. The molecule has 0 spiro atoms. The molecule has 0 saturated carbocycles. The number of nitrogen functional groups attached to an aromatic ring is 1. The van der Waals surface area contributed by atoms with Crippen molar-refractivity contribution in [3.05, 3.63) is 23.8 Å². The Morgan fingerprint density at radius 3 is 2.81 bits per heavy atom. The van der Waals surface area contributed by atoms with E-state index in [0.29, 0.717) is 6.54 Å². The summed E-state index contributed by atoms with van der Waals surface area (Å²) in [6, 6.07) is 5.67. The van der Waals surface area contributed by atoms with Crippen LogP contribution in [0.15, 0.2) is 18.2 Å². The van der Waals surface area contributed by atoms with Gasteiger partial charge in [0.25, 0.3) is 0 Å². The molecule has 0 unspecified atom stereocenters. The lowest BCUT2D eigenvalue weighted by atomic mass is 10.1. The minimum atomic E-state index is 0.632.